The molecule has 109 heavy (non-hydrogen) atoms. The van der Waals surface area contributed by atoms with Crippen LogP contribution in [0.1, 0.15) is 210 Å². The fraction of sp³-hybridized carbons (Fsp3) is 0.718. The molecular formula is C85H125N3O21. The zero-order valence-corrected chi connectivity index (χ0v) is 67.4. The van der Waals surface area contributed by atoms with E-state index < -0.39 is 142 Å². The molecule has 3 saturated heterocycles. The van der Waals surface area contributed by atoms with Crippen LogP contribution >= 0.6 is 0 Å². The van der Waals surface area contributed by atoms with Gasteiger partial charge in [-0.3, -0.25) is 38.4 Å². The highest BCUT2D eigenvalue weighted by Gasteiger charge is 2.65. The Balaban J connectivity index is 1.00. The molecule has 1 amide bonds. The van der Waals surface area contributed by atoms with Crippen LogP contribution in [0.2, 0.25) is 0 Å². The molecule has 0 aromatic carbocycles. The molecule has 2 bridgehead atoms. The fourth-order valence-electron chi connectivity index (χ4n) is 18.1. The van der Waals surface area contributed by atoms with Gasteiger partial charge in [-0.1, -0.05) is 90.8 Å². The Hall–Kier alpha value is -6.80. The second-order valence-electron chi connectivity index (χ2n) is 33.4. The van der Waals surface area contributed by atoms with Crippen LogP contribution in [0.4, 0.5) is 0 Å². The summed E-state index contributed by atoms with van der Waals surface area (Å²) in [6.07, 6.45) is 13.8. The highest BCUT2D eigenvalue weighted by atomic mass is 16.6. The summed E-state index contributed by atoms with van der Waals surface area (Å²) in [6.45, 7) is 17.3. The molecule has 0 radical (unpaired) electrons. The smallest absolute Gasteiger partial charge is 0.340 e. The van der Waals surface area contributed by atoms with Gasteiger partial charge in [-0.25, -0.2) is 9.59 Å². The van der Waals surface area contributed by atoms with E-state index in [4.69, 9.17) is 37.9 Å². The van der Waals surface area contributed by atoms with Gasteiger partial charge in [0.2, 0.25) is 11.6 Å². The number of carbonyl (C=O) groups excluding carboxylic acids is 10. The number of aliphatic hydroxyl groups excluding tert-OH is 2. The van der Waals surface area contributed by atoms with Gasteiger partial charge in [-0.2, -0.15) is 0 Å². The van der Waals surface area contributed by atoms with Crippen molar-refractivity contribution in [3.8, 4) is 0 Å². The highest BCUT2D eigenvalue weighted by molar-refractivity contribution is 6.39. The van der Waals surface area contributed by atoms with Crippen molar-refractivity contribution in [1.82, 2.24) is 14.7 Å². The summed E-state index contributed by atoms with van der Waals surface area (Å²) < 4.78 is 49.0. The normalized spacial score (nSPS) is 36.0. The molecule has 2 saturated carbocycles. The Bertz CT molecular complexity index is 3540. The summed E-state index contributed by atoms with van der Waals surface area (Å²) in [5.74, 6) is -12.8. The van der Waals surface area contributed by atoms with E-state index in [1.807, 2.05) is 75.0 Å². The molecule has 5 fully saturated rings. The molecule has 8 aliphatic rings. The number of ketones is 5. The third-order valence-electron chi connectivity index (χ3n) is 24.7. The molecule has 0 unspecified atom stereocenters. The number of ether oxygens (including phenoxy) is 8. The van der Waals surface area contributed by atoms with E-state index in [9.17, 15) is 63.3 Å². The summed E-state index contributed by atoms with van der Waals surface area (Å²) in [6, 6.07) is -1.21. The number of unbranched alkanes of at least 4 members (excludes halogenated alkanes) is 3. The molecule has 4 aliphatic carbocycles. The Labute approximate surface area is 645 Å². The minimum atomic E-state index is -2.49. The molecule has 4 aliphatic heterocycles. The Kier molecular flexibility index (Phi) is 31.5. The lowest BCUT2D eigenvalue weighted by atomic mass is 9.53. The minimum absolute atomic E-state index is 0.0102. The predicted molar refractivity (Wildman–Crippen MR) is 406 cm³/mol. The van der Waals surface area contributed by atoms with Gasteiger partial charge >= 0.3 is 23.9 Å². The van der Waals surface area contributed by atoms with E-state index in [0.29, 0.717) is 101 Å². The molecule has 17 atom stereocenters. The van der Waals surface area contributed by atoms with Crippen molar-refractivity contribution in [3.05, 3.63) is 81.9 Å². The Morgan fingerprint density at radius 2 is 1.46 bits per heavy atom. The fourth-order valence-corrected chi connectivity index (χ4v) is 18.1. The van der Waals surface area contributed by atoms with Gasteiger partial charge in [0.25, 0.3) is 11.7 Å². The van der Waals surface area contributed by atoms with E-state index in [1.165, 1.54) is 19.1 Å². The van der Waals surface area contributed by atoms with E-state index >= 15 is 0 Å². The largest absolute Gasteiger partial charge is 0.504 e. The maximum Gasteiger partial charge on any atom is 0.340 e. The van der Waals surface area contributed by atoms with Gasteiger partial charge in [-0.05, 0) is 172 Å². The van der Waals surface area contributed by atoms with Crippen molar-refractivity contribution in [3.63, 3.8) is 0 Å². The molecule has 0 aromatic rings. The number of piperidine rings is 1. The lowest BCUT2D eigenvalue weighted by Crippen LogP contribution is -2.61. The third-order valence-corrected chi connectivity index (χ3v) is 24.7. The van der Waals surface area contributed by atoms with Crippen molar-refractivity contribution < 1.29 is 101 Å². The molecule has 0 aromatic heterocycles. The van der Waals surface area contributed by atoms with E-state index in [-0.39, 0.29) is 110 Å². The van der Waals surface area contributed by atoms with Gasteiger partial charge in [0.15, 0.2) is 23.8 Å². The van der Waals surface area contributed by atoms with Crippen LogP contribution in [-0.4, -0.2) is 218 Å². The number of nitrogens with zero attached hydrogens (tertiary/aromatic N) is 3. The van der Waals surface area contributed by atoms with Crippen LogP contribution in [0.3, 0.4) is 0 Å². The summed E-state index contributed by atoms with van der Waals surface area (Å²) in [5, 5.41) is 34.7. The first-order chi connectivity index (χ1) is 51.6. The van der Waals surface area contributed by atoms with E-state index in [0.717, 1.165) is 31.4 Å². The monoisotopic (exact) mass is 1520 g/mol. The standard InChI is InChI=1S/C85H125N3O21/c1-50-26-19-18-20-27-51(2)64(103-14)45-59-36-31-56(7)85(101,109-59)79(97)80(98)88-41-24-23-28-62(88)82(100)106-65(53(4)44-57-32-34-58(89)35-33-57)46-63(90)52(3)43-55(6)77(78(104-15)74(94)54(5)42-50)108-70(93)30-22-17-16-21-29-69(92)105-66-47-83(8)61(37-38-67(83)91)71-73(66)84(9)68(49-102-13)107-81(99)60(72(84)76(96)75(71)95)48-87(12)40-25-39-86(10)11/h18-20,26-27,43,48,50,52-54,56-59,61-62,64-66,68,77-78,89,96,101H,16-17,21-25,28-42,44-47,49H2,1-15H3/b20-18+,26-19+,51-27+,55-43+,60-48+/t50-,52-,53-,54-,56-,57-,58-,59+,61+,62+,64+,65+,66-,68-,77-,78+,83+,84+,85-/m1/s1. The molecular weight excluding hydrogens is 1400 g/mol. The number of hydrogen-bond donors (Lipinski definition) is 3. The van der Waals surface area contributed by atoms with E-state index in [2.05, 4.69) is 0 Å². The van der Waals surface area contributed by atoms with Gasteiger partial charge < -0.3 is 67.9 Å². The molecule has 24 nitrogen and oxygen atoms in total. The number of hydrogen-bond acceptors (Lipinski definition) is 23. The first-order valence-corrected chi connectivity index (χ1v) is 40.0. The molecule has 8 rings (SSSR count). The number of methoxy groups -OCH3 is 3. The van der Waals surface area contributed by atoms with Crippen molar-refractivity contribution >= 4 is 58.7 Å². The predicted octanol–water partition coefficient (Wildman–Crippen LogP) is 10.8. The van der Waals surface area contributed by atoms with Crippen LogP contribution in [0.15, 0.2) is 81.9 Å². The number of amides is 1. The highest BCUT2D eigenvalue weighted by Crippen LogP contribution is 2.62. The molecule has 3 N–H and O–H groups in total. The number of Topliss-reactive ketones (excluding diaryl/α,β-unsaturated/α-hetero) is 5. The molecule has 606 valence electrons. The zero-order chi connectivity index (χ0) is 80.0. The van der Waals surface area contributed by atoms with E-state index in [1.54, 1.807) is 68.0 Å². The summed E-state index contributed by atoms with van der Waals surface area (Å²) in [7, 11) is 10.1. The summed E-state index contributed by atoms with van der Waals surface area (Å²) in [4.78, 5) is 150. The van der Waals surface area contributed by atoms with Crippen molar-refractivity contribution in [2.45, 2.75) is 271 Å². The van der Waals surface area contributed by atoms with Crippen molar-refractivity contribution in [2.24, 2.45) is 52.3 Å². The second-order valence-corrected chi connectivity index (χ2v) is 33.4. The number of carbonyl (C=O) groups is 10. The van der Waals surface area contributed by atoms with Crippen molar-refractivity contribution in [1.29, 1.82) is 0 Å². The Morgan fingerprint density at radius 3 is 2.12 bits per heavy atom. The first kappa shape index (κ1) is 87.8. The number of esters is 4. The Morgan fingerprint density at radius 1 is 0.771 bits per heavy atom. The number of fused-ring (bicyclic) bond motifs is 7. The summed E-state index contributed by atoms with van der Waals surface area (Å²) >= 11 is 0. The topological polar surface area (TPSA) is 315 Å². The van der Waals surface area contributed by atoms with Crippen LogP contribution in [0.25, 0.3) is 0 Å². The van der Waals surface area contributed by atoms with Crippen LogP contribution in [0.5, 0.6) is 0 Å². The quantitative estimate of drug-likeness (QED) is 0.0240. The van der Waals surface area contributed by atoms with Gasteiger partial charge in [-0.15, -0.1) is 0 Å². The van der Waals surface area contributed by atoms with Crippen LogP contribution < -0.4 is 0 Å². The van der Waals surface area contributed by atoms with Crippen LogP contribution in [-0.2, 0) is 85.8 Å². The second kappa shape index (κ2) is 39.1. The average molecular weight is 1520 g/mol. The number of cyclic esters (lactones) is 2. The zero-order valence-electron chi connectivity index (χ0n) is 67.4. The lowest BCUT2D eigenvalue weighted by Gasteiger charge is -2.53. The maximum atomic E-state index is 14.8. The minimum Gasteiger partial charge on any atom is -0.504 e. The first-order valence-electron chi connectivity index (χ1n) is 40.0. The SMILES string of the molecule is COC[C@H]1OC(=O)/C(=C/N(C)CCCN(C)C)C2=C(O)C(=O)C3=C([C@H](OC(=O)CCCCCCC(=O)O[C@@H]4/C(C)=C/[C@@H](C)C(=O)C[C@@H]([C@H](C)C[C@H]5CC[C@H](O)CC5)OC(=O)[C@@H]5CCCCN5C(=O)C(=O)[C@]5(O)O[C@@H](CC[C@H]5C)C[C@H](OC)/C(C)=C/C=C/C=C/[C@@H](C)C[C@@H](C)C(=O)[C@@H]4OC)C[C@]4(C)C(=O)CC[C@@H]34)[C@]21C. The van der Waals surface area contributed by atoms with Gasteiger partial charge in [0.1, 0.15) is 35.9 Å². The number of rotatable bonds is 21. The lowest BCUT2D eigenvalue weighted by molar-refractivity contribution is -0.265. The molecule has 24 heteroatoms. The number of aliphatic hydroxyl groups is 3. The number of allylic oxidation sites excluding steroid dienone is 7. The van der Waals surface area contributed by atoms with Crippen molar-refractivity contribution in [2.75, 3.05) is 68.7 Å². The van der Waals surface area contributed by atoms with Gasteiger partial charge in [0, 0.05) is 126 Å². The van der Waals surface area contributed by atoms with Gasteiger partial charge in [0.05, 0.1) is 35.9 Å². The summed E-state index contributed by atoms with van der Waals surface area (Å²) in [5.41, 5.74) is -0.713. The van der Waals surface area contributed by atoms with Crippen LogP contribution in [0, 0.1) is 52.3 Å². The third kappa shape index (κ3) is 20.9. The molecule has 4 heterocycles. The maximum absolute atomic E-state index is 14.8. The average Bonchev–Trinajstić information content (AvgIpc) is 1.66. The molecule has 0 spiro atoms.